The zero-order chi connectivity index (χ0) is 19.7. The van der Waals surface area contributed by atoms with Gasteiger partial charge >= 0.3 is 0 Å². The van der Waals surface area contributed by atoms with Gasteiger partial charge in [0.2, 0.25) is 5.91 Å². The predicted molar refractivity (Wildman–Crippen MR) is 97.6 cm³/mol. The molecule has 1 aliphatic rings. The van der Waals surface area contributed by atoms with Gasteiger partial charge in [-0.1, -0.05) is 26.0 Å². The van der Waals surface area contributed by atoms with E-state index in [1.54, 1.807) is 6.07 Å². The largest absolute Gasteiger partial charge is 0.325 e. The van der Waals surface area contributed by atoms with Crippen LogP contribution in [0.3, 0.4) is 0 Å². The molecule has 0 spiro atoms. The molecule has 0 fully saturated rings. The molecule has 0 aromatic heterocycles. The van der Waals surface area contributed by atoms with Crippen molar-refractivity contribution in [3.05, 3.63) is 69.3 Å². The third-order valence-electron chi connectivity index (χ3n) is 4.30. The molecular weight excluding hydrogens is 350 g/mol. The zero-order valence-electron chi connectivity index (χ0n) is 14.8. The molecule has 0 saturated carbocycles. The van der Waals surface area contributed by atoms with Crippen LogP contribution in [-0.4, -0.2) is 34.1 Å². The molecule has 138 valence electrons. The number of imide groups is 1. The molecule has 8 heteroatoms. The minimum Gasteiger partial charge on any atom is -0.325 e. The number of fused-ring (bicyclic) bond motifs is 1. The van der Waals surface area contributed by atoms with Gasteiger partial charge in [0.25, 0.3) is 17.5 Å². The first-order valence-corrected chi connectivity index (χ1v) is 8.32. The van der Waals surface area contributed by atoms with Crippen molar-refractivity contribution in [1.29, 1.82) is 0 Å². The van der Waals surface area contributed by atoms with Crippen LogP contribution in [0.1, 0.15) is 46.0 Å². The van der Waals surface area contributed by atoms with Crippen molar-refractivity contribution < 1.29 is 19.3 Å². The second-order valence-electron chi connectivity index (χ2n) is 6.51. The van der Waals surface area contributed by atoms with Crippen LogP contribution < -0.4 is 5.32 Å². The summed E-state index contributed by atoms with van der Waals surface area (Å²) in [5.41, 5.74) is 1.31. The van der Waals surface area contributed by atoms with Gasteiger partial charge in [-0.05, 0) is 29.7 Å². The summed E-state index contributed by atoms with van der Waals surface area (Å²) in [5.74, 6) is -1.60. The van der Waals surface area contributed by atoms with Gasteiger partial charge in [-0.25, -0.2) is 0 Å². The molecule has 0 radical (unpaired) electrons. The van der Waals surface area contributed by atoms with E-state index in [0.717, 1.165) is 22.6 Å². The van der Waals surface area contributed by atoms with Crippen LogP contribution in [0.5, 0.6) is 0 Å². The maximum Gasteiger partial charge on any atom is 0.270 e. The quantitative estimate of drug-likeness (QED) is 0.496. The first-order valence-electron chi connectivity index (χ1n) is 8.32. The first-order chi connectivity index (χ1) is 12.8. The van der Waals surface area contributed by atoms with E-state index in [4.69, 9.17) is 0 Å². The van der Waals surface area contributed by atoms with Crippen LogP contribution in [-0.2, 0) is 4.79 Å². The van der Waals surface area contributed by atoms with E-state index in [1.807, 2.05) is 32.0 Å². The average molecular weight is 367 g/mol. The van der Waals surface area contributed by atoms with Crippen LogP contribution in [0.2, 0.25) is 0 Å². The molecule has 2 aromatic rings. The zero-order valence-corrected chi connectivity index (χ0v) is 14.8. The van der Waals surface area contributed by atoms with E-state index in [2.05, 4.69) is 5.32 Å². The number of carbonyl (C=O) groups is 3. The van der Waals surface area contributed by atoms with E-state index >= 15 is 0 Å². The summed E-state index contributed by atoms with van der Waals surface area (Å²) in [5, 5.41) is 13.5. The van der Waals surface area contributed by atoms with Gasteiger partial charge in [0.15, 0.2) is 0 Å². The maximum absolute atomic E-state index is 12.4. The molecule has 0 atom stereocenters. The number of benzene rings is 2. The Morgan fingerprint density at radius 2 is 1.81 bits per heavy atom. The Labute approximate surface area is 154 Å². The third kappa shape index (κ3) is 3.55. The van der Waals surface area contributed by atoms with Gasteiger partial charge < -0.3 is 5.32 Å². The molecule has 0 unspecified atom stereocenters. The molecule has 27 heavy (non-hydrogen) atoms. The maximum atomic E-state index is 12.4. The molecule has 1 N–H and O–H groups in total. The lowest BCUT2D eigenvalue weighted by molar-refractivity contribution is -0.384. The standard InChI is InChI=1S/C19H17N3O5/c1-11(2)12-4-3-5-13(8-12)20-17(23)10-21-18(24)15-7-6-14(22(26)27)9-16(15)19(21)25/h3-9,11H,10H2,1-2H3,(H,20,23). The summed E-state index contributed by atoms with van der Waals surface area (Å²) in [7, 11) is 0. The van der Waals surface area contributed by atoms with E-state index < -0.39 is 29.2 Å². The molecule has 8 nitrogen and oxygen atoms in total. The number of nitrogens with one attached hydrogen (secondary N) is 1. The lowest BCUT2D eigenvalue weighted by Crippen LogP contribution is -2.37. The number of anilines is 1. The highest BCUT2D eigenvalue weighted by molar-refractivity contribution is 6.23. The molecule has 2 aromatic carbocycles. The molecule has 1 heterocycles. The van der Waals surface area contributed by atoms with Gasteiger partial charge in [0, 0.05) is 17.8 Å². The van der Waals surface area contributed by atoms with Gasteiger partial charge in [-0.2, -0.15) is 0 Å². The smallest absolute Gasteiger partial charge is 0.270 e. The Hall–Kier alpha value is -3.55. The second-order valence-corrected chi connectivity index (χ2v) is 6.51. The number of amides is 3. The number of carbonyl (C=O) groups excluding carboxylic acids is 3. The van der Waals surface area contributed by atoms with Crippen molar-refractivity contribution in [2.24, 2.45) is 0 Å². The summed E-state index contributed by atoms with van der Waals surface area (Å²) in [6, 6.07) is 10.7. The van der Waals surface area contributed by atoms with Crippen LogP contribution in [0.15, 0.2) is 42.5 Å². The molecule has 1 aliphatic heterocycles. The number of hydrogen-bond acceptors (Lipinski definition) is 5. The fourth-order valence-corrected chi connectivity index (χ4v) is 2.86. The van der Waals surface area contributed by atoms with Crippen molar-refractivity contribution in [2.75, 3.05) is 11.9 Å². The predicted octanol–water partition coefficient (Wildman–Crippen LogP) is 2.95. The molecule has 3 rings (SSSR count). The van der Waals surface area contributed by atoms with E-state index in [0.29, 0.717) is 5.69 Å². The Morgan fingerprint density at radius 1 is 1.11 bits per heavy atom. The molecule has 0 aliphatic carbocycles. The first kappa shape index (κ1) is 18.2. The number of non-ortho nitro benzene ring substituents is 1. The van der Waals surface area contributed by atoms with Crippen molar-refractivity contribution in [3.8, 4) is 0 Å². The van der Waals surface area contributed by atoms with Gasteiger partial charge in [0.05, 0.1) is 16.1 Å². The lowest BCUT2D eigenvalue weighted by Gasteiger charge is -2.14. The van der Waals surface area contributed by atoms with Crippen molar-refractivity contribution in [2.45, 2.75) is 19.8 Å². The summed E-state index contributed by atoms with van der Waals surface area (Å²) in [6.45, 7) is 3.59. The van der Waals surface area contributed by atoms with Crippen LogP contribution in [0, 0.1) is 10.1 Å². The van der Waals surface area contributed by atoms with E-state index in [9.17, 15) is 24.5 Å². The Kier molecular flexibility index (Phi) is 4.72. The monoisotopic (exact) mass is 367 g/mol. The highest BCUT2D eigenvalue weighted by atomic mass is 16.6. The van der Waals surface area contributed by atoms with E-state index in [1.165, 1.54) is 6.07 Å². The summed E-state index contributed by atoms with van der Waals surface area (Å²) in [4.78, 5) is 48.1. The summed E-state index contributed by atoms with van der Waals surface area (Å²) in [6.07, 6.45) is 0. The SMILES string of the molecule is CC(C)c1cccc(NC(=O)CN2C(=O)c3ccc([N+](=O)[O-])cc3C2=O)c1. The van der Waals surface area contributed by atoms with Crippen LogP contribution >= 0.6 is 0 Å². The lowest BCUT2D eigenvalue weighted by atomic mass is 10.0. The number of nitro benzene ring substituents is 1. The molecular formula is C19H17N3O5. The fourth-order valence-electron chi connectivity index (χ4n) is 2.86. The molecule has 3 amide bonds. The number of hydrogen-bond donors (Lipinski definition) is 1. The number of nitro groups is 1. The normalized spacial score (nSPS) is 13.1. The fraction of sp³-hybridized carbons (Fsp3) is 0.211. The second kappa shape index (κ2) is 6.99. The highest BCUT2D eigenvalue weighted by Gasteiger charge is 2.37. The third-order valence-corrected chi connectivity index (χ3v) is 4.30. The van der Waals surface area contributed by atoms with Crippen molar-refractivity contribution in [1.82, 2.24) is 4.90 Å². The van der Waals surface area contributed by atoms with Crippen LogP contribution in [0.4, 0.5) is 11.4 Å². The minimum atomic E-state index is -0.718. The number of nitrogens with zero attached hydrogens (tertiary/aromatic N) is 2. The Balaban J connectivity index is 1.75. The minimum absolute atomic E-state index is 0.0557. The highest BCUT2D eigenvalue weighted by Crippen LogP contribution is 2.27. The molecule has 0 saturated heterocycles. The van der Waals surface area contributed by atoms with E-state index in [-0.39, 0.29) is 22.7 Å². The average Bonchev–Trinajstić information content (AvgIpc) is 2.86. The van der Waals surface area contributed by atoms with Crippen molar-refractivity contribution in [3.63, 3.8) is 0 Å². The van der Waals surface area contributed by atoms with Gasteiger partial charge in [-0.15, -0.1) is 0 Å². The summed E-state index contributed by atoms with van der Waals surface area (Å²) < 4.78 is 0. The van der Waals surface area contributed by atoms with Gasteiger partial charge in [0.1, 0.15) is 6.54 Å². The van der Waals surface area contributed by atoms with Crippen LogP contribution in [0.25, 0.3) is 0 Å². The topological polar surface area (TPSA) is 110 Å². The summed E-state index contributed by atoms with van der Waals surface area (Å²) >= 11 is 0. The van der Waals surface area contributed by atoms with Gasteiger partial charge in [-0.3, -0.25) is 29.4 Å². The molecule has 0 bridgehead atoms. The Morgan fingerprint density at radius 3 is 2.48 bits per heavy atom. The number of rotatable bonds is 5. The Bertz CT molecular complexity index is 968. The van der Waals surface area contributed by atoms with Crippen molar-refractivity contribution >= 4 is 29.1 Å².